The normalized spacial score (nSPS) is 10.8. The Morgan fingerprint density at radius 2 is 1.37 bits per heavy atom. The largest absolute Gasteiger partial charge is 0.490 e. The van der Waals surface area contributed by atoms with Crippen LogP contribution in [-0.4, -0.2) is 18.7 Å². The summed E-state index contributed by atoms with van der Waals surface area (Å²) < 4.78 is 17.6. The van der Waals surface area contributed by atoms with Gasteiger partial charge < -0.3 is 14.2 Å². The van der Waals surface area contributed by atoms with Gasteiger partial charge in [0.05, 0.1) is 18.4 Å². The molecule has 0 spiro atoms. The second-order valence-electron chi connectivity index (χ2n) is 8.16. The highest BCUT2D eigenvalue weighted by Crippen LogP contribution is 2.29. The zero-order valence-corrected chi connectivity index (χ0v) is 22.2. The Morgan fingerprint density at radius 1 is 0.763 bits per heavy atom. The molecular weight excluding hydrogens is 523 g/mol. The Kier molecular flexibility index (Phi) is 9.62. The summed E-state index contributed by atoms with van der Waals surface area (Å²) in [6, 6.07) is 27.2. The zero-order chi connectivity index (χ0) is 26.7. The standard InChI is InChI=1S/C30H26Cl2N2O4/c1-2-36-29-17-23(11-16-28(29)38-20-22-9-14-25(32)15-10-22)18-33-34-30(35)26-5-3-4-6-27(26)37-19-21-7-12-24(31)13-8-21/h3-18H,2,19-20H2,1H3,(H,34,35). The molecule has 6 nitrogen and oxygen atoms in total. The van der Waals surface area contributed by atoms with E-state index in [0.717, 1.165) is 16.7 Å². The number of para-hydroxylation sites is 1. The highest BCUT2D eigenvalue weighted by molar-refractivity contribution is 6.30. The van der Waals surface area contributed by atoms with Crippen LogP contribution in [0, 0.1) is 0 Å². The van der Waals surface area contributed by atoms with Crippen molar-refractivity contribution in [1.82, 2.24) is 5.43 Å². The van der Waals surface area contributed by atoms with Gasteiger partial charge in [-0.3, -0.25) is 4.79 Å². The number of hydrogen-bond donors (Lipinski definition) is 1. The first-order valence-electron chi connectivity index (χ1n) is 12.0. The van der Waals surface area contributed by atoms with Crippen molar-refractivity contribution in [2.24, 2.45) is 5.10 Å². The van der Waals surface area contributed by atoms with Crippen LogP contribution >= 0.6 is 23.2 Å². The summed E-state index contributed by atoms with van der Waals surface area (Å²) >= 11 is 11.9. The Morgan fingerprint density at radius 3 is 2.00 bits per heavy atom. The minimum atomic E-state index is -0.388. The van der Waals surface area contributed by atoms with Crippen LogP contribution in [0.3, 0.4) is 0 Å². The van der Waals surface area contributed by atoms with Gasteiger partial charge in [-0.25, -0.2) is 5.43 Å². The average Bonchev–Trinajstić information content (AvgIpc) is 2.93. The summed E-state index contributed by atoms with van der Waals surface area (Å²) in [5.74, 6) is 1.25. The van der Waals surface area contributed by atoms with E-state index >= 15 is 0 Å². The number of hydrazone groups is 1. The third kappa shape index (κ3) is 7.75. The van der Waals surface area contributed by atoms with Crippen molar-refractivity contribution in [1.29, 1.82) is 0 Å². The molecule has 0 aliphatic heterocycles. The monoisotopic (exact) mass is 548 g/mol. The van der Waals surface area contributed by atoms with Gasteiger partial charge in [-0.15, -0.1) is 0 Å². The molecule has 8 heteroatoms. The first-order valence-corrected chi connectivity index (χ1v) is 12.7. The predicted octanol–water partition coefficient (Wildman–Crippen LogP) is 7.31. The minimum absolute atomic E-state index is 0.303. The quantitative estimate of drug-likeness (QED) is 0.157. The van der Waals surface area contributed by atoms with Crippen LogP contribution in [0.2, 0.25) is 10.0 Å². The Balaban J connectivity index is 1.38. The number of nitrogens with zero attached hydrogens (tertiary/aromatic N) is 1. The van der Waals surface area contributed by atoms with Gasteiger partial charge in [0, 0.05) is 10.0 Å². The SMILES string of the molecule is CCOc1cc(C=NNC(=O)c2ccccc2OCc2ccc(Cl)cc2)ccc1OCc1ccc(Cl)cc1. The molecule has 0 saturated heterocycles. The molecule has 4 aromatic carbocycles. The van der Waals surface area contributed by atoms with Crippen molar-refractivity contribution in [3.63, 3.8) is 0 Å². The van der Waals surface area contributed by atoms with Crippen molar-refractivity contribution in [2.75, 3.05) is 6.61 Å². The van der Waals surface area contributed by atoms with Crippen molar-refractivity contribution in [3.8, 4) is 17.2 Å². The molecule has 0 fully saturated rings. The molecule has 1 N–H and O–H groups in total. The van der Waals surface area contributed by atoms with Gasteiger partial charge in [-0.2, -0.15) is 5.10 Å². The average molecular weight is 549 g/mol. The maximum absolute atomic E-state index is 12.8. The molecule has 0 saturated carbocycles. The van der Waals surface area contributed by atoms with Crippen LogP contribution in [0.4, 0.5) is 0 Å². The second-order valence-corrected chi connectivity index (χ2v) is 9.04. The number of nitrogens with one attached hydrogen (secondary N) is 1. The maximum atomic E-state index is 12.8. The van der Waals surface area contributed by atoms with E-state index in [1.807, 2.05) is 61.5 Å². The fourth-order valence-electron chi connectivity index (χ4n) is 3.48. The second kappa shape index (κ2) is 13.5. The van der Waals surface area contributed by atoms with Crippen molar-refractivity contribution in [2.45, 2.75) is 20.1 Å². The fourth-order valence-corrected chi connectivity index (χ4v) is 3.73. The summed E-state index contributed by atoms with van der Waals surface area (Å²) in [5.41, 5.74) is 5.60. The minimum Gasteiger partial charge on any atom is -0.490 e. The fraction of sp³-hybridized carbons (Fsp3) is 0.133. The van der Waals surface area contributed by atoms with Gasteiger partial charge in [0.1, 0.15) is 19.0 Å². The highest BCUT2D eigenvalue weighted by atomic mass is 35.5. The van der Waals surface area contributed by atoms with E-state index in [2.05, 4.69) is 10.5 Å². The van der Waals surface area contributed by atoms with Gasteiger partial charge >= 0.3 is 0 Å². The molecule has 0 aromatic heterocycles. The third-order valence-electron chi connectivity index (χ3n) is 5.39. The van der Waals surface area contributed by atoms with Crippen LogP contribution in [0.15, 0.2) is 96.1 Å². The summed E-state index contributed by atoms with van der Waals surface area (Å²) in [6.45, 7) is 3.05. The molecule has 0 aliphatic carbocycles. The van der Waals surface area contributed by atoms with Crippen LogP contribution in [0.1, 0.15) is 34.0 Å². The topological polar surface area (TPSA) is 69.2 Å². The van der Waals surface area contributed by atoms with E-state index < -0.39 is 0 Å². The number of halogens is 2. The number of benzene rings is 4. The van der Waals surface area contributed by atoms with Crippen LogP contribution < -0.4 is 19.6 Å². The van der Waals surface area contributed by atoms with Gasteiger partial charge in [0.2, 0.25) is 0 Å². The van der Waals surface area contributed by atoms with E-state index in [1.54, 1.807) is 42.6 Å². The molecule has 0 bridgehead atoms. The lowest BCUT2D eigenvalue weighted by Crippen LogP contribution is -2.18. The molecule has 38 heavy (non-hydrogen) atoms. The van der Waals surface area contributed by atoms with Gasteiger partial charge in [0.15, 0.2) is 11.5 Å². The van der Waals surface area contributed by atoms with Crippen molar-refractivity contribution >= 4 is 35.3 Å². The molecule has 0 unspecified atom stereocenters. The van der Waals surface area contributed by atoms with E-state index in [4.69, 9.17) is 37.4 Å². The van der Waals surface area contributed by atoms with E-state index in [9.17, 15) is 4.79 Å². The third-order valence-corrected chi connectivity index (χ3v) is 5.90. The summed E-state index contributed by atoms with van der Waals surface area (Å²) in [6.07, 6.45) is 1.54. The van der Waals surface area contributed by atoms with Gasteiger partial charge in [-0.05, 0) is 78.2 Å². The maximum Gasteiger partial charge on any atom is 0.275 e. The molecule has 0 atom stereocenters. The number of ether oxygens (including phenoxy) is 3. The molecule has 1 amide bonds. The molecule has 0 aliphatic rings. The lowest BCUT2D eigenvalue weighted by molar-refractivity contribution is 0.0950. The predicted molar refractivity (Wildman–Crippen MR) is 151 cm³/mol. The van der Waals surface area contributed by atoms with E-state index in [-0.39, 0.29) is 5.91 Å². The zero-order valence-electron chi connectivity index (χ0n) is 20.7. The number of carbonyl (C=O) groups is 1. The van der Waals surface area contributed by atoms with Crippen LogP contribution in [-0.2, 0) is 13.2 Å². The molecule has 4 aromatic rings. The summed E-state index contributed by atoms with van der Waals surface area (Å²) in [4.78, 5) is 12.8. The van der Waals surface area contributed by atoms with Crippen LogP contribution in [0.25, 0.3) is 0 Å². The Bertz CT molecular complexity index is 1390. The molecule has 194 valence electrons. The number of amides is 1. The Hall–Kier alpha value is -4.00. The van der Waals surface area contributed by atoms with Crippen molar-refractivity contribution in [3.05, 3.63) is 123 Å². The van der Waals surface area contributed by atoms with Gasteiger partial charge in [0.25, 0.3) is 5.91 Å². The number of hydrogen-bond acceptors (Lipinski definition) is 5. The van der Waals surface area contributed by atoms with E-state index in [1.165, 1.54) is 0 Å². The summed E-state index contributed by atoms with van der Waals surface area (Å²) in [5, 5.41) is 5.44. The smallest absolute Gasteiger partial charge is 0.275 e. The number of carbonyl (C=O) groups excluding carboxylic acids is 1. The lowest BCUT2D eigenvalue weighted by Gasteiger charge is -2.13. The Labute approximate surface area is 231 Å². The molecule has 0 heterocycles. The lowest BCUT2D eigenvalue weighted by atomic mass is 10.2. The van der Waals surface area contributed by atoms with Crippen LogP contribution in [0.5, 0.6) is 17.2 Å². The summed E-state index contributed by atoms with van der Waals surface area (Å²) in [7, 11) is 0. The molecular formula is C30H26Cl2N2O4. The highest BCUT2D eigenvalue weighted by Gasteiger charge is 2.12. The molecule has 4 rings (SSSR count). The molecule has 0 radical (unpaired) electrons. The van der Waals surface area contributed by atoms with Crippen molar-refractivity contribution < 1.29 is 19.0 Å². The van der Waals surface area contributed by atoms with Gasteiger partial charge in [-0.1, -0.05) is 59.6 Å². The number of rotatable bonds is 11. The first-order chi connectivity index (χ1) is 18.5. The van der Waals surface area contributed by atoms with E-state index in [0.29, 0.717) is 52.7 Å². The first kappa shape index (κ1) is 27.0.